The standard InChI is InChI=1S/C10H17NO2/c1-8-3-4-13-10(5-8)6-11(7-10)9(2)12/h8H,3-7H2,1-2H3/t8-/m0/s1. The first-order chi connectivity index (χ1) is 6.11. The molecule has 3 nitrogen and oxygen atoms in total. The maximum absolute atomic E-state index is 11.0. The van der Waals surface area contributed by atoms with E-state index in [0.717, 1.165) is 32.0 Å². The van der Waals surface area contributed by atoms with Gasteiger partial charge in [0, 0.05) is 13.5 Å². The number of rotatable bonds is 0. The van der Waals surface area contributed by atoms with E-state index in [4.69, 9.17) is 4.74 Å². The SMILES string of the molecule is CC(=O)N1CC2(C[C@@H](C)CCO2)C1. The van der Waals surface area contributed by atoms with E-state index in [1.807, 2.05) is 4.90 Å². The minimum Gasteiger partial charge on any atom is -0.371 e. The molecule has 0 aromatic carbocycles. The first kappa shape index (κ1) is 9.00. The number of likely N-dealkylation sites (tertiary alicyclic amines) is 1. The highest BCUT2D eigenvalue weighted by atomic mass is 16.5. The molecule has 2 heterocycles. The van der Waals surface area contributed by atoms with Crippen LogP contribution in [-0.2, 0) is 9.53 Å². The smallest absolute Gasteiger partial charge is 0.219 e. The van der Waals surface area contributed by atoms with Gasteiger partial charge in [0.05, 0.1) is 13.1 Å². The summed E-state index contributed by atoms with van der Waals surface area (Å²) in [4.78, 5) is 12.9. The predicted octanol–water partition coefficient (Wildman–Crippen LogP) is 1.03. The van der Waals surface area contributed by atoms with E-state index < -0.39 is 0 Å². The summed E-state index contributed by atoms with van der Waals surface area (Å²) >= 11 is 0. The first-order valence-electron chi connectivity index (χ1n) is 5.01. The summed E-state index contributed by atoms with van der Waals surface area (Å²) in [6.45, 7) is 6.38. The predicted molar refractivity (Wildman–Crippen MR) is 49.3 cm³/mol. The third-order valence-electron chi connectivity index (χ3n) is 3.14. The van der Waals surface area contributed by atoms with Gasteiger partial charge in [0.1, 0.15) is 5.60 Å². The molecule has 2 rings (SSSR count). The van der Waals surface area contributed by atoms with E-state index in [2.05, 4.69) is 6.92 Å². The summed E-state index contributed by atoms with van der Waals surface area (Å²) < 4.78 is 5.76. The van der Waals surface area contributed by atoms with E-state index in [-0.39, 0.29) is 11.5 Å². The Balaban J connectivity index is 1.91. The van der Waals surface area contributed by atoms with Crippen molar-refractivity contribution < 1.29 is 9.53 Å². The summed E-state index contributed by atoms with van der Waals surface area (Å²) in [7, 11) is 0. The topological polar surface area (TPSA) is 29.5 Å². The van der Waals surface area contributed by atoms with Gasteiger partial charge in [-0.2, -0.15) is 0 Å². The summed E-state index contributed by atoms with van der Waals surface area (Å²) in [6.07, 6.45) is 2.29. The lowest BCUT2D eigenvalue weighted by molar-refractivity contribution is -0.185. The summed E-state index contributed by atoms with van der Waals surface area (Å²) in [5, 5.41) is 0. The molecular weight excluding hydrogens is 166 g/mol. The number of hydrogen-bond donors (Lipinski definition) is 0. The highest BCUT2D eigenvalue weighted by molar-refractivity contribution is 5.74. The summed E-state index contributed by atoms with van der Waals surface area (Å²) in [5.41, 5.74) is 0.0311. The Bertz CT molecular complexity index is 221. The van der Waals surface area contributed by atoms with Crippen molar-refractivity contribution in [2.24, 2.45) is 5.92 Å². The zero-order chi connectivity index (χ0) is 9.47. The molecule has 0 aromatic rings. The molecule has 1 atom stereocenters. The zero-order valence-corrected chi connectivity index (χ0v) is 8.38. The van der Waals surface area contributed by atoms with Gasteiger partial charge in [-0.15, -0.1) is 0 Å². The molecule has 0 aliphatic carbocycles. The Kier molecular flexibility index (Phi) is 2.06. The Labute approximate surface area is 79.0 Å². The van der Waals surface area contributed by atoms with Gasteiger partial charge in [-0.3, -0.25) is 4.79 Å². The van der Waals surface area contributed by atoms with Crippen LogP contribution in [0.4, 0.5) is 0 Å². The van der Waals surface area contributed by atoms with Gasteiger partial charge in [0.15, 0.2) is 0 Å². The van der Waals surface area contributed by atoms with Crippen molar-refractivity contribution in [3.05, 3.63) is 0 Å². The average Bonchev–Trinajstić information content (AvgIpc) is 1.99. The number of nitrogens with zero attached hydrogens (tertiary/aromatic N) is 1. The monoisotopic (exact) mass is 183 g/mol. The molecule has 0 aromatic heterocycles. The molecule has 0 saturated carbocycles. The number of hydrogen-bond acceptors (Lipinski definition) is 2. The molecule has 1 amide bonds. The molecule has 2 fully saturated rings. The molecule has 0 bridgehead atoms. The molecule has 13 heavy (non-hydrogen) atoms. The zero-order valence-electron chi connectivity index (χ0n) is 8.38. The second kappa shape index (κ2) is 2.98. The third-order valence-corrected chi connectivity index (χ3v) is 3.14. The lowest BCUT2D eigenvalue weighted by Crippen LogP contribution is -2.66. The second-order valence-electron chi connectivity index (χ2n) is 4.50. The van der Waals surface area contributed by atoms with Crippen molar-refractivity contribution in [1.82, 2.24) is 4.90 Å². The van der Waals surface area contributed by atoms with Crippen LogP contribution in [0.2, 0.25) is 0 Å². The van der Waals surface area contributed by atoms with Crippen LogP contribution >= 0.6 is 0 Å². The van der Waals surface area contributed by atoms with Crippen LogP contribution < -0.4 is 0 Å². The first-order valence-corrected chi connectivity index (χ1v) is 5.01. The molecule has 0 radical (unpaired) electrons. The Morgan fingerprint density at radius 2 is 2.23 bits per heavy atom. The molecule has 2 saturated heterocycles. The lowest BCUT2D eigenvalue weighted by atomic mass is 9.81. The second-order valence-corrected chi connectivity index (χ2v) is 4.50. The molecule has 2 aliphatic rings. The number of amides is 1. The minimum absolute atomic E-state index is 0.0311. The molecule has 2 aliphatic heterocycles. The summed E-state index contributed by atoms with van der Waals surface area (Å²) in [5.74, 6) is 0.926. The van der Waals surface area contributed by atoms with E-state index in [0.29, 0.717) is 0 Å². The quantitative estimate of drug-likeness (QED) is 0.561. The largest absolute Gasteiger partial charge is 0.371 e. The van der Waals surface area contributed by atoms with Crippen molar-refractivity contribution in [1.29, 1.82) is 0 Å². The Morgan fingerprint density at radius 3 is 2.77 bits per heavy atom. The number of ether oxygens (including phenoxy) is 1. The number of carbonyl (C=O) groups excluding carboxylic acids is 1. The van der Waals surface area contributed by atoms with Crippen LogP contribution in [0.1, 0.15) is 26.7 Å². The van der Waals surface area contributed by atoms with Gasteiger partial charge < -0.3 is 9.64 Å². The molecule has 0 N–H and O–H groups in total. The van der Waals surface area contributed by atoms with E-state index in [9.17, 15) is 4.79 Å². The van der Waals surface area contributed by atoms with Crippen LogP contribution in [0.15, 0.2) is 0 Å². The van der Waals surface area contributed by atoms with Crippen LogP contribution in [0.25, 0.3) is 0 Å². The van der Waals surface area contributed by atoms with Crippen LogP contribution in [-0.4, -0.2) is 36.1 Å². The third kappa shape index (κ3) is 1.57. The number of carbonyl (C=O) groups is 1. The lowest BCUT2D eigenvalue weighted by Gasteiger charge is -2.52. The van der Waals surface area contributed by atoms with E-state index in [1.54, 1.807) is 6.92 Å². The van der Waals surface area contributed by atoms with Crippen molar-refractivity contribution in [3.63, 3.8) is 0 Å². The summed E-state index contributed by atoms with van der Waals surface area (Å²) in [6, 6.07) is 0. The normalized spacial score (nSPS) is 31.5. The molecule has 3 heteroatoms. The fourth-order valence-corrected chi connectivity index (χ4v) is 2.37. The van der Waals surface area contributed by atoms with E-state index in [1.165, 1.54) is 6.42 Å². The minimum atomic E-state index is 0.0311. The highest BCUT2D eigenvalue weighted by Gasteiger charge is 2.47. The van der Waals surface area contributed by atoms with Crippen LogP contribution in [0.3, 0.4) is 0 Å². The fourth-order valence-electron chi connectivity index (χ4n) is 2.37. The maximum Gasteiger partial charge on any atom is 0.219 e. The van der Waals surface area contributed by atoms with Gasteiger partial charge in [-0.25, -0.2) is 0 Å². The van der Waals surface area contributed by atoms with Crippen LogP contribution in [0.5, 0.6) is 0 Å². The van der Waals surface area contributed by atoms with Crippen molar-refractivity contribution in [2.45, 2.75) is 32.3 Å². The van der Waals surface area contributed by atoms with Gasteiger partial charge in [-0.05, 0) is 18.8 Å². The van der Waals surface area contributed by atoms with Gasteiger partial charge in [-0.1, -0.05) is 6.92 Å². The van der Waals surface area contributed by atoms with E-state index >= 15 is 0 Å². The Hall–Kier alpha value is -0.570. The fraction of sp³-hybridized carbons (Fsp3) is 0.900. The highest BCUT2D eigenvalue weighted by Crippen LogP contribution is 2.36. The van der Waals surface area contributed by atoms with Gasteiger partial charge in [0.25, 0.3) is 0 Å². The molecular formula is C10H17NO2. The molecule has 0 unspecified atom stereocenters. The molecule has 1 spiro atoms. The average molecular weight is 183 g/mol. The molecule has 74 valence electrons. The van der Waals surface area contributed by atoms with Crippen molar-refractivity contribution >= 4 is 5.91 Å². The van der Waals surface area contributed by atoms with Crippen molar-refractivity contribution in [2.75, 3.05) is 19.7 Å². The maximum atomic E-state index is 11.0. The van der Waals surface area contributed by atoms with Gasteiger partial charge >= 0.3 is 0 Å². The Morgan fingerprint density at radius 1 is 1.54 bits per heavy atom. The van der Waals surface area contributed by atoms with Crippen LogP contribution in [0, 0.1) is 5.92 Å². The van der Waals surface area contributed by atoms with Crippen molar-refractivity contribution in [3.8, 4) is 0 Å². The van der Waals surface area contributed by atoms with Gasteiger partial charge in [0.2, 0.25) is 5.91 Å².